The summed E-state index contributed by atoms with van der Waals surface area (Å²) in [5.74, 6) is 0.914. The number of hydrogen-bond acceptors (Lipinski definition) is 2. The van der Waals surface area contributed by atoms with Crippen LogP contribution < -0.4 is 10.5 Å². The van der Waals surface area contributed by atoms with Crippen LogP contribution in [0.3, 0.4) is 0 Å². The van der Waals surface area contributed by atoms with Crippen LogP contribution in [-0.2, 0) is 6.61 Å². The number of hydrogen-bond donors (Lipinski definition) is 1. The van der Waals surface area contributed by atoms with Gasteiger partial charge >= 0.3 is 0 Å². The molecular weight excluding hydrogens is 210 g/mol. The number of rotatable bonds is 0. The lowest BCUT2D eigenvalue weighted by Crippen LogP contribution is -2.03. The van der Waals surface area contributed by atoms with Gasteiger partial charge in [0.2, 0.25) is 0 Å². The minimum atomic E-state index is 0.557. The quantitative estimate of drug-likeness (QED) is 0.695. The second-order valence-corrected chi connectivity index (χ2v) is 4.08. The van der Waals surface area contributed by atoms with Crippen molar-refractivity contribution in [2.75, 3.05) is 5.73 Å². The van der Waals surface area contributed by atoms with E-state index in [1.165, 1.54) is 0 Å². The predicted molar refractivity (Wildman–Crippen MR) is 70.6 cm³/mol. The summed E-state index contributed by atoms with van der Waals surface area (Å²) in [6, 6.07) is 13.9. The van der Waals surface area contributed by atoms with Gasteiger partial charge in [-0.2, -0.15) is 0 Å². The zero-order chi connectivity index (χ0) is 11.7. The Balaban J connectivity index is 2.14. The number of fused-ring (bicyclic) bond motifs is 2. The number of ether oxygens (including phenoxy) is 1. The van der Waals surface area contributed by atoms with Crippen molar-refractivity contribution >= 4 is 17.8 Å². The first kappa shape index (κ1) is 9.97. The van der Waals surface area contributed by atoms with Crippen LogP contribution in [0, 0.1) is 0 Å². The van der Waals surface area contributed by atoms with E-state index in [9.17, 15) is 0 Å². The van der Waals surface area contributed by atoms with Gasteiger partial charge in [0.05, 0.1) is 0 Å². The molecule has 1 heterocycles. The highest BCUT2D eigenvalue weighted by Gasteiger charge is 2.09. The van der Waals surface area contributed by atoms with Crippen molar-refractivity contribution in [3.8, 4) is 5.75 Å². The van der Waals surface area contributed by atoms with Crippen molar-refractivity contribution in [3.05, 3.63) is 59.2 Å². The smallest absolute Gasteiger partial charge is 0.127 e. The monoisotopic (exact) mass is 223 g/mol. The fourth-order valence-corrected chi connectivity index (χ4v) is 2.04. The first-order valence-electron chi connectivity index (χ1n) is 5.62. The van der Waals surface area contributed by atoms with Gasteiger partial charge in [-0.15, -0.1) is 0 Å². The third kappa shape index (κ3) is 1.78. The van der Waals surface area contributed by atoms with Crippen LogP contribution in [0.2, 0.25) is 0 Å². The molecular formula is C15H13NO. The van der Waals surface area contributed by atoms with E-state index >= 15 is 0 Å². The molecule has 2 aromatic carbocycles. The molecule has 2 nitrogen and oxygen atoms in total. The minimum Gasteiger partial charge on any atom is -0.488 e. The summed E-state index contributed by atoms with van der Waals surface area (Å²) < 4.78 is 5.80. The van der Waals surface area contributed by atoms with E-state index in [-0.39, 0.29) is 0 Å². The number of para-hydroxylation sites is 1. The average molecular weight is 223 g/mol. The molecule has 0 aliphatic carbocycles. The van der Waals surface area contributed by atoms with E-state index in [4.69, 9.17) is 10.5 Å². The molecule has 0 saturated carbocycles. The Kier molecular flexibility index (Phi) is 2.33. The van der Waals surface area contributed by atoms with Crippen LogP contribution in [0.5, 0.6) is 5.75 Å². The Morgan fingerprint density at radius 2 is 1.82 bits per heavy atom. The van der Waals surface area contributed by atoms with E-state index in [0.29, 0.717) is 6.61 Å². The standard InChI is InChI=1S/C15H13NO/c16-14-6-3-5-12-10-17-15-7-2-1-4-11(15)8-9-13(12)14/h1-9H,10,16H2/b9-8-. The molecule has 84 valence electrons. The summed E-state index contributed by atoms with van der Waals surface area (Å²) in [4.78, 5) is 0. The maximum Gasteiger partial charge on any atom is 0.127 e. The lowest BCUT2D eigenvalue weighted by molar-refractivity contribution is 0.305. The van der Waals surface area contributed by atoms with E-state index in [2.05, 4.69) is 6.08 Å². The van der Waals surface area contributed by atoms with Gasteiger partial charge in [-0.1, -0.05) is 42.5 Å². The molecule has 0 unspecified atom stereocenters. The Morgan fingerprint density at radius 1 is 0.941 bits per heavy atom. The van der Waals surface area contributed by atoms with Gasteiger partial charge in [0.15, 0.2) is 0 Å². The lowest BCUT2D eigenvalue weighted by Gasteiger charge is -2.15. The van der Waals surface area contributed by atoms with Crippen LogP contribution in [0.4, 0.5) is 5.69 Å². The van der Waals surface area contributed by atoms with Crippen LogP contribution in [0.25, 0.3) is 12.2 Å². The van der Waals surface area contributed by atoms with E-state index in [1.54, 1.807) is 0 Å². The average Bonchev–Trinajstić information content (AvgIpc) is 2.33. The fraction of sp³-hybridized carbons (Fsp3) is 0.0667. The van der Waals surface area contributed by atoms with Crippen LogP contribution in [0.15, 0.2) is 42.5 Å². The normalized spacial score (nSPS) is 14.8. The van der Waals surface area contributed by atoms with Crippen LogP contribution in [-0.4, -0.2) is 0 Å². The highest BCUT2D eigenvalue weighted by molar-refractivity contribution is 5.79. The molecule has 3 rings (SSSR count). The topological polar surface area (TPSA) is 35.2 Å². The van der Waals surface area contributed by atoms with E-state index < -0.39 is 0 Å². The predicted octanol–water partition coefficient (Wildman–Crippen LogP) is 3.33. The van der Waals surface area contributed by atoms with Gasteiger partial charge in [0.1, 0.15) is 12.4 Å². The second-order valence-electron chi connectivity index (χ2n) is 4.08. The summed E-state index contributed by atoms with van der Waals surface area (Å²) in [6.07, 6.45) is 4.11. The molecule has 2 N–H and O–H groups in total. The van der Waals surface area contributed by atoms with Gasteiger partial charge < -0.3 is 10.5 Å². The zero-order valence-corrected chi connectivity index (χ0v) is 9.39. The molecule has 1 aliphatic rings. The number of nitrogens with two attached hydrogens (primary N) is 1. The Hall–Kier alpha value is -2.22. The Labute approximate surface area is 100 Å². The minimum absolute atomic E-state index is 0.557. The molecule has 2 heteroatoms. The summed E-state index contributed by atoms with van der Waals surface area (Å²) >= 11 is 0. The second kappa shape index (κ2) is 3.98. The molecule has 0 bridgehead atoms. The molecule has 1 aliphatic heterocycles. The summed E-state index contributed by atoms with van der Waals surface area (Å²) in [7, 11) is 0. The van der Waals surface area contributed by atoms with Crippen LogP contribution >= 0.6 is 0 Å². The third-order valence-electron chi connectivity index (χ3n) is 2.96. The SMILES string of the molecule is Nc1cccc2c1/C=C\c1ccccc1OC2. The lowest BCUT2D eigenvalue weighted by atomic mass is 10.0. The number of benzene rings is 2. The molecule has 0 spiro atoms. The van der Waals surface area contributed by atoms with Crippen molar-refractivity contribution in [1.82, 2.24) is 0 Å². The van der Waals surface area contributed by atoms with Gasteiger partial charge in [-0.05, 0) is 17.7 Å². The molecule has 0 aromatic heterocycles. The Bertz CT molecular complexity index is 587. The van der Waals surface area contributed by atoms with E-state index in [1.807, 2.05) is 48.5 Å². The largest absolute Gasteiger partial charge is 0.488 e. The molecule has 0 fully saturated rings. The molecule has 0 saturated heterocycles. The van der Waals surface area contributed by atoms with Crippen LogP contribution in [0.1, 0.15) is 16.7 Å². The molecule has 0 amide bonds. The highest BCUT2D eigenvalue weighted by Crippen LogP contribution is 2.28. The van der Waals surface area contributed by atoms with Gasteiger partial charge in [-0.3, -0.25) is 0 Å². The maximum atomic E-state index is 5.97. The number of anilines is 1. The summed E-state index contributed by atoms with van der Waals surface area (Å²) in [5.41, 5.74) is 10.0. The molecule has 2 aromatic rings. The highest BCUT2D eigenvalue weighted by atomic mass is 16.5. The molecule has 0 radical (unpaired) electrons. The van der Waals surface area contributed by atoms with Crippen molar-refractivity contribution < 1.29 is 4.74 Å². The zero-order valence-electron chi connectivity index (χ0n) is 9.39. The van der Waals surface area contributed by atoms with Crippen molar-refractivity contribution in [1.29, 1.82) is 0 Å². The van der Waals surface area contributed by atoms with Crippen molar-refractivity contribution in [2.24, 2.45) is 0 Å². The maximum absolute atomic E-state index is 5.97. The first-order valence-corrected chi connectivity index (χ1v) is 5.62. The van der Waals surface area contributed by atoms with Crippen molar-refractivity contribution in [3.63, 3.8) is 0 Å². The van der Waals surface area contributed by atoms with Gasteiger partial charge in [0.25, 0.3) is 0 Å². The molecule has 0 atom stereocenters. The fourth-order valence-electron chi connectivity index (χ4n) is 2.04. The molecule has 17 heavy (non-hydrogen) atoms. The van der Waals surface area contributed by atoms with Crippen molar-refractivity contribution in [2.45, 2.75) is 6.61 Å². The number of nitrogen functional groups attached to an aromatic ring is 1. The summed E-state index contributed by atoms with van der Waals surface area (Å²) in [6.45, 7) is 0.557. The van der Waals surface area contributed by atoms with Gasteiger partial charge in [-0.25, -0.2) is 0 Å². The summed E-state index contributed by atoms with van der Waals surface area (Å²) in [5, 5.41) is 0. The first-order chi connectivity index (χ1) is 8.34. The third-order valence-corrected chi connectivity index (χ3v) is 2.96. The van der Waals surface area contributed by atoms with Gasteiger partial charge in [0, 0.05) is 16.8 Å². The Morgan fingerprint density at radius 3 is 2.76 bits per heavy atom. The van der Waals surface area contributed by atoms with E-state index in [0.717, 1.165) is 28.1 Å².